The molecule has 8 nitrogen and oxygen atoms in total. The number of nitrogens with one attached hydrogen (secondary N) is 1. The van der Waals surface area contributed by atoms with Gasteiger partial charge in [0, 0.05) is 0 Å². The maximum atomic E-state index is 12.3. The summed E-state index contributed by atoms with van der Waals surface area (Å²) in [5.74, 6) is -0.236. The summed E-state index contributed by atoms with van der Waals surface area (Å²) in [5.41, 5.74) is 2.59. The Morgan fingerprint density at radius 1 is 1.31 bits per heavy atom. The van der Waals surface area contributed by atoms with Crippen molar-refractivity contribution in [3.63, 3.8) is 0 Å². The number of benzene rings is 1. The smallest absolute Gasteiger partial charge is 0.325 e. The van der Waals surface area contributed by atoms with Crippen LogP contribution in [0.25, 0.3) is 0 Å². The molecule has 26 heavy (non-hydrogen) atoms. The highest BCUT2D eigenvalue weighted by Crippen LogP contribution is 2.25. The number of aliphatic carboxylic acids is 1. The van der Waals surface area contributed by atoms with E-state index in [-0.39, 0.29) is 19.0 Å². The number of carboxylic acids is 1. The number of aryl methyl sites for hydroxylation is 1. The minimum absolute atomic E-state index is 0.150. The van der Waals surface area contributed by atoms with Crippen LogP contribution in [0.1, 0.15) is 43.5 Å². The van der Waals surface area contributed by atoms with Gasteiger partial charge in [-0.3, -0.25) is 9.59 Å². The Kier molecular flexibility index (Phi) is 6.32. The van der Waals surface area contributed by atoms with E-state index in [9.17, 15) is 9.59 Å². The van der Waals surface area contributed by atoms with Crippen LogP contribution in [0.15, 0.2) is 24.4 Å². The number of amides is 1. The second-order valence-corrected chi connectivity index (χ2v) is 6.46. The summed E-state index contributed by atoms with van der Waals surface area (Å²) in [6.07, 6.45) is 0.807. The van der Waals surface area contributed by atoms with E-state index < -0.39 is 12.1 Å². The minimum atomic E-state index is -1.01. The third-order valence-corrected chi connectivity index (χ3v) is 3.88. The Labute approximate surface area is 152 Å². The van der Waals surface area contributed by atoms with Gasteiger partial charge in [-0.25, -0.2) is 4.68 Å². The monoisotopic (exact) mass is 360 g/mol. The van der Waals surface area contributed by atoms with Crippen LogP contribution in [-0.2, 0) is 22.7 Å². The predicted molar refractivity (Wildman–Crippen MR) is 94.9 cm³/mol. The number of ether oxygens (including phenoxy) is 1. The average Bonchev–Trinajstić information content (AvgIpc) is 3.00. The third-order valence-electron chi connectivity index (χ3n) is 3.88. The van der Waals surface area contributed by atoms with E-state index in [1.165, 1.54) is 10.9 Å². The summed E-state index contributed by atoms with van der Waals surface area (Å²) in [6.45, 7) is 7.69. The quantitative estimate of drug-likeness (QED) is 0.744. The molecule has 0 radical (unpaired) electrons. The van der Waals surface area contributed by atoms with E-state index >= 15 is 0 Å². The summed E-state index contributed by atoms with van der Waals surface area (Å²) in [5, 5.41) is 18.9. The van der Waals surface area contributed by atoms with E-state index in [1.807, 2.05) is 19.1 Å². The first-order chi connectivity index (χ1) is 12.3. The largest absolute Gasteiger partial charge is 0.481 e. The Balaban J connectivity index is 1.92. The topological polar surface area (TPSA) is 106 Å². The van der Waals surface area contributed by atoms with Crippen molar-refractivity contribution in [3.05, 3.63) is 41.2 Å². The molecule has 0 saturated heterocycles. The molecule has 2 N–H and O–H groups in total. The minimum Gasteiger partial charge on any atom is -0.481 e. The van der Waals surface area contributed by atoms with Gasteiger partial charge in [0.2, 0.25) is 0 Å². The molecule has 0 fully saturated rings. The number of rotatable bonds is 8. The SMILES string of the molecule is Cc1ccc(C(C)C)cc1OC(C)C(=O)NCc1cn(CC(=O)O)nn1. The molecular formula is C18H24N4O4. The van der Waals surface area contributed by atoms with Crippen molar-refractivity contribution >= 4 is 11.9 Å². The Morgan fingerprint density at radius 2 is 2.04 bits per heavy atom. The molecule has 8 heteroatoms. The fourth-order valence-corrected chi connectivity index (χ4v) is 2.30. The fraction of sp³-hybridized carbons (Fsp3) is 0.444. The van der Waals surface area contributed by atoms with Crippen molar-refractivity contribution in [1.82, 2.24) is 20.3 Å². The van der Waals surface area contributed by atoms with Crippen LogP contribution in [0.4, 0.5) is 0 Å². The van der Waals surface area contributed by atoms with Crippen LogP contribution >= 0.6 is 0 Å². The highest BCUT2D eigenvalue weighted by molar-refractivity contribution is 5.80. The number of carbonyl (C=O) groups excluding carboxylic acids is 1. The zero-order valence-corrected chi connectivity index (χ0v) is 15.4. The predicted octanol–water partition coefficient (Wildman–Crippen LogP) is 1.88. The first-order valence-electron chi connectivity index (χ1n) is 8.42. The number of aromatic nitrogens is 3. The molecule has 1 amide bonds. The highest BCUT2D eigenvalue weighted by atomic mass is 16.5. The van der Waals surface area contributed by atoms with Crippen molar-refractivity contribution in [2.75, 3.05) is 0 Å². The lowest BCUT2D eigenvalue weighted by atomic mass is 10.0. The molecule has 1 atom stereocenters. The zero-order valence-electron chi connectivity index (χ0n) is 15.4. The van der Waals surface area contributed by atoms with Gasteiger partial charge in [-0.05, 0) is 37.0 Å². The van der Waals surface area contributed by atoms with Gasteiger partial charge in [0.1, 0.15) is 18.0 Å². The normalized spacial score (nSPS) is 12.0. The summed E-state index contributed by atoms with van der Waals surface area (Å²) >= 11 is 0. The molecule has 1 aromatic heterocycles. The molecule has 140 valence electrons. The van der Waals surface area contributed by atoms with E-state index in [4.69, 9.17) is 9.84 Å². The molecule has 0 aliphatic carbocycles. The van der Waals surface area contributed by atoms with Crippen molar-refractivity contribution in [2.45, 2.75) is 52.8 Å². The Bertz CT molecular complexity index is 785. The van der Waals surface area contributed by atoms with Gasteiger partial charge in [0.25, 0.3) is 5.91 Å². The molecule has 0 bridgehead atoms. The van der Waals surface area contributed by atoms with Crippen molar-refractivity contribution in [3.8, 4) is 5.75 Å². The molecule has 1 unspecified atom stereocenters. The molecule has 0 aliphatic heterocycles. The molecule has 0 spiro atoms. The molecular weight excluding hydrogens is 336 g/mol. The molecule has 2 aromatic rings. The Hall–Kier alpha value is -2.90. The van der Waals surface area contributed by atoms with E-state index in [0.29, 0.717) is 17.4 Å². The zero-order chi connectivity index (χ0) is 19.3. The van der Waals surface area contributed by atoms with Crippen molar-refractivity contribution in [2.24, 2.45) is 0 Å². The average molecular weight is 360 g/mol. The van der Waals surface area contributed by atoms with Gasteiger partial charge in [-0.1, -0.05) is 31.2 Å². The first-order valence-corrected chi connectivity index (χ1v) is 8.42. The van der Waals surface area contributed by atoms with Crippen LogP contribution in [0.3, 0.4) is 0 Å². The molecule has 1 heterocycles. The Morgan fingerprint density at radius 3 is 2.69 bits per heavy atom. The molecule has 0 aliphatic rings. The summed E-state index contributed by atoms with van der Waals surface area (Å²) < 4.78 is 7.01. The van der Waals surface area contributed by atoms with Gasteiger partial charge in [-0.15, -0.1) is 5.10 Å². The second-order valence-electron chi connectivity index (χ2n) is 6.46. The summed E-state index contributed by atoms with van der Waals surface area (Å²) in [7, 11) is 0. The van der Waals surface area contributed by atoms with Crippen molar-refractivity contribution < 1.29 is 19.4 Å². The van der Waals surface area contributed by atoms with Gasteiger partial charge in [-0.2, -0.15) is 0 Å². The highest BCUT2D eigenvalue weighted by Gasteiger charge is 2.17. The number of hydrogen-bond donors (Lipinski definition) is 2. The van der Waals surface area contributed by atoms with Crippen molar-refractivity contribution in [1.29, 1.82) is 0 Å². The van der Waals surface area contributed by atoms with E-state index in [1.54, 1.807) is 6.92 Å². The number of carboxylic acid groups (broad SMARTS) is 1. The van der Waals surface area contributed by atoms with Gasteiger partial charge in [0.05, 0.1) is 12.7 Å². The van der Waals surface area contributed by atoms with Crippen LogP contribution in [0.5, 0.6) is 5.75 Å². The van der Waals surface area contributed by atoms with Crippen LogP contribution in [0, 0.1) is 6.92 Å². The number of nitrogens with zero attached hydrogens (tertiary/aromatic N) is 3. The van der Waals surface area contributed by atoms with Crippen LogP contribution < -0.4 is 10.1 Å². The van der Waals surface area contributed by atoms with Gasteiger partial charge < -0.3 is 15.2 Å². The molecule has 1 aromatic carbocycles. The number of hydrogen-bond acceptors (Lipinski definition) is 5. The molecule has 2 rings (SSSR count). The third kappa shape index (κ3) is 5.30. The van der Waals surface area contributed by atoms with Crippen LogP contribution in [-0.4, -0.2) is 38.1 Å². The summed E-state index contributed by atoms with van der Waals surface area (Å²) in [6, 6.07) is 6.00. The lowest BCUT2D eigenvalue weighted by molar-refractivity contribution is -0.138. The van der Waals surface area contributed by atoms with Crippen LogP contribution in [0.2, 0.25) is 0 Å². The lowest BCUT2D eigenvalue weighted by Gasteiger charge is -2.17. The lowest BCUT2D eigenvalue weighted by Crippen LogP contribution is -2.36. The van der Waals surface area contributed by atoms with Gasteiger partial charge in [0.15, 0.2) is 6.10 Å². The molecule has 0 saturated carbocycles. The van der Waals surface area contributed by atoms with Gasteiger partial charge >= 0.3 is 5.97 Å². The maximum absolute atomic E-state index is 12.3. The number of carbonyl (C=O) groups is 2. The first kappa shape index (κ1) is 19.4. The second kappa shape index (κ2) is 8.46. The fourth-order valence-electron chi connectivity index (χ4n) is 2.30. The van der Waals surface area contributed by atoms with E-state index in [2.05, 4.69) is 35.5 Å². The summed E-state index contributed by atoms with van der Waals surface area (Å²) in [4.78, 5) is 22.9. The standard InChI is InChI=1S/C18H24N4O4/c1-11(2)14-6-5-12(3)16(7-14)26-13(4)18(25)19-8-15-9-22(21-20-15)10-17(23)24/h5-7,9,11,13H,8,10H2,1-4H3,(H,19,25)(H,23,24). The van der Waals surface area contributed by atoms with E-state index in [0.717, 1.165) is 11.1 Å². The maximum Gasteiger partial charge on any atom is 0.325 e.